The van der Waals surface area contributed by atoms with Gasteiger partial charge in [0, 0.05) is 12.1 Å². The maximum absolute atomic E-state index is 11.2. The molecular weight excluding hydrogens is 190 g/mol. The average molecular weight is 213 g/mol. The predicted molar refractivity (Wildman–Crippen MR) is 61.3 cm³/mol. The van der Waals surface area contributed by atoms with Gasteiger partial charge < -0.3 is 16.4 Å². The molecule has 0 heterocycles. The molecule has 4 N–H and O–H groups in total. The quantitative estimate of drug-likeness (QED) is 0.712. The molecule has 4 heteroatoms. The molecule has 0 saturated heterocycles. The molecule has 3 atom stereocenters. The second kappa shape index (κ2) is 4.49. The van der Waals surface area contributed by atoms with Crippen molar-refractivity contribution in [2.75, 3.05) is 7.05 Å². The standard InChI is InChI=1S/C11H23N3O/c1-4-8(2)14(3)9-5-6-11(13,7-9)10(12)15/h8-9H,4-7,13H2,1-3H3,(H2,12,15). The fourth-order valence-corrected chi connectivity index (χ4v) is 2.27. The zero-order chi connectivity index (χ0) is 11.6. The average Bonchev–Trinajstić information content (AvgIpc) is 2.60. The van der Waals surface area contributed by atoms with Crippen LogP contribution >= 0.6 is 0 Å². The van der Waals surface area contributed by atoms with Gasteiger partial charge in [-0.3, -0.25) is 4.79 Å². The summed E-state index contributed by atoms with van der Waals surface area (Å²) in [5, 5.41) is 0. The molecule has 1 aliphatic carbocycles. The molecule has 15 heavy (non-hydrogen) atoms. The van der Waals surface area contributed by atoms with Gasteiger partial charge in [0.25, 0.3) is 0 Å². The summed E-state index contributed by atoms with van der Waals surface area (Å²) < 4.78 is 0. The van der Waals surface area contributed by atoms with E-state index in [-0.39, 0.29) is 5.91 Å². The van der Waals surface area contributed by atoms with Gasteiger partial charge in [-0.05, 0) is 39.7 Å². The molecule has 4 nitrogen and oxygen atoms in total. The Balaban J connectivity index is 2.60. The SMILES string of the molecule is CCC(C)N(C)C1CCC(N)(C(N)=O)C1. The summed E-state index contributed by atoms with van der Waals surface area (Å²) in [5.74, 6) is -0.359. The highest BCUT2D eigenvalue weighted by molar-refractivity contribution is 5.84. The lowest BCUT2D eigenvalue weighted by molar-refractivity contribution is -0.123. The van der Waals surface area contributed by atoms with E-state index in [1.807, 2.05) is 0 Å². The number of carbonyl (C=O) groups excluding carboxylic acids is 1. The molecule has 0 aromatic rings. The molecule has 0 aromatic carbocycles. The fraction of sp³-hybridized carbons (Fsp3) is 0.909. The maximum Gasteiger partial charge on any atom is 0.237 e. The van der Waals surface area contributed by atoms with Gasteiger partial charge in [0.1, 0.15) is 0 Å². The Bertz CT molecular complexity index is 244. The Hall–Kier alpha value is -0.610. The van der Waals surface area contributed by atoms with Crippen molar-refractivity contribution < 1.29 is 4.79 Å². The van der Waals surface area contributed by atoms with Gasteiger partial charge in [-0.1, -0.05) is 6.92 Å². The highest BCUT2D eigenvalue weighted by Crippen LogP contribution is 2.31. The normalized spacial score (nSPS) is 33.3. The highest BCUT2D eigenvalue weighted by atomic mass is 16.1. The third kappa shape index (κ3) is 2.49. The summed E-state index contributed by atoms with van der Waals surface area (Å²) in [6.07, 6.45) is 3.50. The summed E-state index contributed by atoms with van der Waals surface area (Å²) >= 11 is 0. The Morgan fingerprint density at radius 2 is 2.27 bits per heavy atom. The van der Waals surface area contributed by atoms with Gasteiger partial charge in [-0.25, -0.2) is 0 Å². The van der Waals surface area contributed by atoms with Crippen molar-refractivity contribution in [2.45, 2.75) is 57.2 Å². The minimum atomic E-state index is -0.771. The zero-order valence-corrected chi connectivity index (χ0v) is 9.99. The third-order valence-electron chi connectivity index (χ3n) is 3.88. The van der Waals surface area contributed by atoms with Gasteiger partial charge in [0.05, 0.1) is 5.54 Å². The van der Waals surface area contributed by atoms with Crippen LogP contribution in [0.4, 0.5) is 0 Å². The van der Waals surface area contributed by atoms with E-state index in [1.165, 1.54) is 0 Å². The number of primary amides is 1. The molecule has 1 saturated carbocycles. The summed E-state index contributed by atoms with van der Waals surface area (Å²) in [7, 11) is 2.10. The summed E-state index contributed by atoms with van der Waals surface area (Å²) in [6, 6.07) is 0.933. The van der Waals surface area contributed by atoms with Crippen molar-refractivity contribution in [1.82, 2.24) is 4.90 Å². The van der Waals surface area contributed by atoms with Gasteiger partial charge in [0.2, 0.25) is 5.91 Å². The van der Waals surface area contributed by atoms with E-state index in [9.17, 15) is 4.79 Å². The number of hydrogen-bond donors (Lipinski definition) is 2. The first-order valence-electron chi connectivity index (χ1n) is 5.71. The monoisotopic (exact) mass is 213 g/mol. The van der Waals surface area contributed by atoms with Crippen LogP contribution < -0.4 is 11.5 Å². The number of amides is 1. The van der Waals surface area contributed by atoms with Crippen LogP contribution in [0, 0.1) is 0 Å². The zero-order valence-electron chi connectivity index (χ0n) is 9.99. The van der Waals surface area contributed by atoms with Crippen LogP contribution in [0.15, 0.2) is 0 Å². The van der Waals surface area contributed by atoms with E-state index in [4.69, 9.17) is 11.5 Å². The largest absolute Gasteiger partial charge is 0.368 e. The molecular formula is C11H23N3O. The fourth-order valence-electron chi connectivity index (χ4n) is 2.27. The number of carbonyl (C=O) groups is 1. The molecule has 0 bridgehead atoms. The van der Waals surface area contributed by atoms with Crippen LogP contribution in [0.25, 0.3) is 0 Å². The number of nitrogens with two attached hydrogens (primary N) is 2. The first-order valence-corrected chi connectivity index (χ1v) is 5.71. The molecule has 0 aromatic heterocycles. The minimum absolute atomic E-state index is 0.359. The topological polar surface area (TPSA) is 72.3 Å². The Kier molecular flexibility index (Phi) is 3.73. The number of hydrogen-bond acceptors (Lipinski definition) is 3. The van der Waals surface area contributed by atoms with Crippen molar-refractivity contribution in [3.05, 3.63) is 0 Å². The minimum Gasteiger partial charge on any atom is -0.368 e. The van der Waals surface area contributed by atoms with Crippen molar-refractivity contribution >= 4 is 5.91 Å². The van der Waals surface area contributed by atoms with Crippen molar-refractivity contribution in [3.63, 3.8) is 0 Å². The van der Waals surface area contributed by atoms with Crippen molar-refractivity contribution in [1.29, 1.82) is 0 Å². The van der Waals surface area contributed by atoms with Crippen LogP contribution in [-0.4, -0.2) is 35.5 Å². The van der Waals surface area contributed by atoms with E-state index in [0.29, 0.717) is 24.9 Å². The van der Waals surface area contributed by atoms with Crippen LogP contribution in [-0.2, 0) is 4.79 Å². The summed E-state index contributed by atoms with van der Waals surface area (Å²) in [6.45, 7) is 4.36. The van der Waals surface area contributed by atoms with E-state index in [2.05, 4.69) is 25.8 Å². The van der Waals surface area contributed by atoms with E-state index >= 15 is 0 Å². The van der Waals surface area contributed by atoms with Crippen molar-refractivity contribution in [2.24, 2.45) is 11.5 Å². The molecule has 0 spiro atoms. The van der Waals surface area contributed by atoms with Gasteiger partial charge in [-0.2, -0.15) is 0 Å². The highest BCUT2D eigenvalue weighted by Gasteiger charge is 2.42. The Morgan fingerprint density at radius 1 is 1.67 bits per heavy atom. The molecule has 88 valence electrons. The molecule has 1 amide bonds. The maximum atomic E-state index is 11.2. The van der Waals surface area contributed by atoms with E-state index < -0.39 is 5.54 Å². The second-order valence-electron chi connectivity index (χ2n) is 4.84. The summed E-state index contributed by atoms with van der Waals surface area (Å²) in [5.41, 5.74) is 10.5. The first-order chi connectivity index (χ1) is 6.90. The molecule has 1 rings (SSSR count). The molecule has 3 unspecified atom stereocenters. The Labute approximate surface area is 92.0 Å². The van der Waals surface area contributed by atoms with E-state index in [0.717, 1.165) is 12.8 Å². The van der Waals surface area contributed by atoms with Crippen LogP contribution in [0.3, 0.4) is 0 Å². The lowest BCUT2D eigenvalue weighted by Gasteiger charge is -2.31. The molecule has 0 aliphatic heterocycles. The molecule has 1 fully saturated rings. The van der Waals surface area contributed by atoms with Gasteiger partial charge >= 0.3 is 0 Å². The first kappa shape index (κ1) is 12.5. The van der Waals surface area contributed by atoms with Gasteiger partial charge in [-0.15, -0.1) is 0 Å². The second-order valence-corrected chi connectivity index (χ2v) is 4.84. The molecule has 1 aliphatic rings. The van der Waals surface area contributed by atoms with Crippen LogP contribution in [0.1, 0.15) is 39.5 Å². The number of rotatable bonds is 4. The lowest BCUT2D eigenvalue weighted by atomic mass is 9.98. The third-order valence-corrected chi connectivity index (χ3v) is 3.88. The predicted octanol–water partition coefficient (Wildman–Crippen LogP) is 0.452. The lowest BCUT2D eigenvalue weighted by Crippen LogP contribution is -2.51. The van der Waals surface area contributed by atoms with Crippen LogP contribution in [0.5, 0.6) is 0 Å². The van der Waals surface area contributed by atoms with Crippen molar-refractivity contribution in [3.8, 4) is 0 Å². The van der Waals surface area contributed by atoms with Gasteiger partial charge in [0.15, 0.2) is 0 Å². The van der Waals surface area contributed by atoms with E-state index in [1.54, 1.807) is 0 Å². The number of nitrogens with zero attached hydrogens (tertiary/aromatic N) is 1. The Morgan fingerprint density at radius 3 is 2.67 bits per heavy atom. The smallest absolute Gasteiger partial charge is 0.237 e. The molecule has 0 radical (unpaired) electrons. The summed E-state index contributed by atoms with van der Waals surface area (Å²) in [4.78, 5) is 13.5. The van der Waals surface area contributed by atoms with Crippen LogP contribution in [0.2, 0.25) is 0 Å².